The maximum atomic E-state index is 8.13. The Bertz CT molecular complexity index is 47.5. The second kappa shape index (κ2) is 8.14. The van der Waals surface area contributed by atoms with Gasteiger partial charge in [0.2, 0.25) is 0 Å². The van der Waals surface area contributed by atoms with Crippen LogP contribution in [0.5, 0.6) is 0 Å². The van der Waals surface area contributed by atoms with Gasteiger partial charge >= 0.3 is 37.7 Å². The molecule has 48 valence electrons. The summed E-state index contributed by atoms with van der Waals surface area (Å²) in [5, 5.41) is 24.3. The molecule has 0 unspecified atom stereocenters. The summed E-state index contributed by atoms with van der Waals surface area (Å²) in [6.07, 6.45) is -0.541. The first kappa shape index (κ1) is 11.9. The van der Waals surface area contributed by atoms with E-state index in [0.29, 0.717) is 6.42 Å². The Labute approximate surface area is 81.3 Å². The van der Waals surface area contributed by atoms with Crippen LogP contribution in [0.4, 0.5) is 0 Å². The van der Waals surface area contributed by atoms with Crippen LogP contribution in [0.2, 0.25) is 0 Å². The van der Waals surface area contributed by atoms with E-state index in [4.69, 9.17) is 15.3 Å². The molecule has 0 aromatic heterocycles. The SMILES string of the molecule is OCCCC(O)O.[Ca+2].[H-].[H-]. The summed E-state index contributed by atoms with van der Waals surface area (Å²) < 4.78 is 0. The maximum absolute atomic E-state index is 8.13. The van der Waals surface area contributed by atoms with E-state index in [-0.39, 0.29) is 53.6 Å². The molecule has 0 atom stereocenters. The van der Waals surface area contributed by atoms with Crippen molar-refractivity contribution in [2.24, 2.45) is 0 Å². The normalized spacial score (nSPS) is 9.00. The van der Waals surface area contributed by atoms with Crippen LogP contribution in [0.15, 0.2) is 0 Å². The number of rotatable bonds is 3. The van der Waals surface area contributed by atoms with Gasteiger partial charge in [-0.1, -0.05) is 0 Å². The van der Waals surface area contributed by atoms with Gasteiger partial charge < -0.3 is 18.2 Å². The molecule has 0 heterocycles. The Balaban J connectivity index is -0.0000000600. The molecule has 0 fully saturated rings. The Kier molecular flexibility index (Phi) is 12.1. The summed E-state index contributed by atoms with van der Waals surface area (Å²) in [5.74, 6) is 0. The van der Waals surface area contributed by atoms with E-state index in [0.717, 1.165) is 0 Å². The number of hydrogen-bond acceptors (Lipinski definition) is 3. The van der Waals surface area contributed by atoms with E-state index < -0.39 is 6.29 Å². The summed E-state index contributed by atoms with van der Waals surface area (Å²) in [6.45, 7) is 0.0254. The number of aliphatic hydroxyl groups is 3. The fourth-order valence-corrected chi connectivity index (χ4v) is 0.274. The predicted octanol–water partition coefficient (Wildman–Crippen LogP) is -1.09. The van der Waals surface area contributed by atoms with Crippen molar-refractivity contribution in [3.8, 4) is 0 Å². The molecule has 3 nitrogen and oxygen atoms in total. The van der Waals surface area contributed by atoms with Crippen molar-refractivity contribution in [3.05, 3.63) is 0 Å². The molecule has 0 saturated carbocycles. The largest absolute Gasteiger partial charge is 2.00 e. The van der Waals surface area contributed by atoms with Crippen LogP contribution in [-0.2, 0) is 0 Å². The Morgan fingerprint density at radius 1 is 1.38 bits per heavy atom. The minimum atomic E-state index is -1.26. The molecule has 0 spiro atoms. The molecule has 0 amide bonds. The van der Waals surface area contributed by atoms with E-state index in [1.807, 2.05) is 0 Å². The molecule has 8 heavy (non-hydrogen) atoms. The molecule has 0 aliphatic rings. The summed E-state index contributed by atoms with van der Waals surface area (Å²) in [6, 6.07) is 0. The quantitative estimate of drug-likeness (QED) is 0.352. The molecule has 0 rings (SSSR count). The summed E-state index contributed by atoms with van der Waals surface area (Å²) in [4.78, 5) is 0. The van der Waals surface area contributed by atoms with Gasteiger partial charge in [-0.15, -0.1) is 0 Å². The summed E-state index contributed by atoms with van der Waals surface area (Å²) >= 11 is 0. The van der Waals surface area contributed by atoms with Crippen molar-refractivity contribution in [3.63, 3.8) is 0 Å². The molecule has 3 N–H and O–H groups in total. The van der Waals surface area contributed by atoms with Gasteiger partial charge in [0, 0.05) is 13.0 Å². The van der Waals surface area contributed by atoms with Gasteiger partial charge in [0.15, 0.2) is 6.29 Å². The monoisotopic (exact) mass is 148 g/mol. The average molecular weight is 148 g/mol. The van der Waals surface area contributed by atoms with Gasteiger partial charge in [0.05, 0.1) is 0 Å². The fraction of sp³-hybridized carbons (Fsp3) is 1.00. The van der Waals surface area contributed by atoms with Crippen molar-refractivity contribution >= 4 is 37.7 Å². The van der Waals surface area contributed by atoms with Gasteiger partial charge in [-0.3, -0.25) is 0 Å². The standard InChI is InChI=1S/C4H10O3.Ca.2H/c5-3-1-2-4(6)7;;;/h4-7H,1-3H2;;;/q;+2;2*-1. The molecule has 0 bridgehead atoms. The van der Waals surface area contributed by atoms with E-state index in [2.05, 4.69) is 0 Å². The molecular weight excluding hydrogens is 136 g/mol. The van der Waals surface area contributed by atoms with Crippen LogP contribution in [0.25, 0.3) is 0 Å². The predicted molar refractivity (Wildman–Crippen MR) is 32.5 cm³/mol. The third-order valence-corrected chi connectivity index (χ3v) is 0.620. The van der Waals surface area contributed by atoms with Gasteiger partial charge in [0.1, 0.15) is 0 Å². The Morgan fingerprint density at radius 2 is 1.88 bits per heavy atom. The average Bonchev–Trinajstić information content (AvgIpc) is 1.61. The third-order valence-electron chi connectivity index (χ3n) is 0.620. The van der Waals surface area contributed by atoms with Gasteiger partial charge in [-0.25, -0.2) is 0 Å². The van der Waals surface area contributed by atoms with Crippen LogP contribution in [-0.4, -0.2) is 66.0 Å². The van der Waals surface area contributed by atoms with Crippen molar-refractivity contribution in [2.45, 2.75) is 19.1 Å². The minimum Gasteiger partial charge on any atom is -1.00 e. The van der Waals surface area contributed by atoms with E-state index in [1.165, 1.54) is 0 Å². The van der Waals surface area contributed by atoms with Gasteiger partial charge in [-0.2, -0.15) is 0 Å². The molecule has 0 aromatic carbocycles. The first-order valence-electron chi connectivity index (χ1n) is 2.24. The topological polar surface area (TPSA) is 60.7 Å². The number of hydrogen-bond donors (Lipinski definition) is 3. The summed E-state index contributed by atoms with van der Waals surface area (Å²) in [7, 11) is 0. The van der Waals surface area contributed by atoms with Crippen LogP contribution in [0.1, 0.15) is 15.7 Å². The molecule has 4 heteroatoms. The van der Waals surface area contributed by atoms with Crippen LogP contribution >= 0.6 is 0 Å². The van der Waals surface area contributed by atoms with Crippen LogP contribution < -0.4 is 0 Å². The zero-order valence-corrected chi connectivity index (χ0v) is 6.96. The maximum Gasteiger partial charge on any atom is 2.00 e. The zero-order valence-electron chi connectivity index (χ0n) is 6.75. The van der Waals surface area contributed by atoms with Gasteiger partial charge in [0.25, 0.3) is 0 Å². The van der Waals surface area contributed by atoms with Crippen molar-refractivity contribution in [2.75, 3.05) is 6.61 Å². The third kappa shape index (κ3) is 10.2. The van der Waals surface area contributed by atoms with Crippen molar-refractivity contribution < 1.29 is 18.2 Å². The Morgan fingerprint density at radius 3 is 2.00 bits per heavy atom. The van der Waals surface area contributed by atoms with Gasteiger partial charge in [-0.05, 0) is 6.42 Å². The van der Waals surface area contributed by atoms with E-state index >= 15 is 0 Å². The van der Waals surface area contributed by atoms with Crippen molar-refractivity contribution in [1.29, 1.82) is 0 Å². The first-order valence-corrected chi connectivity index (χ1v) is 2.24. The van der Waals surface area contributed by atoms with E-state index in [1.54, 1.807) is 0 Å². The smallest absolute Gasteiger partial charge is 1.00 e. The molecular formula is C4H12CaO3. The van der Waals surface area contributed by atoms with Crippen LogP contribution in [0.3, 0.4) is 0 Å². The second-order valence-electron chi connectivity index (χ2n) is 1.35. The molecule has 0 saturated heterocycles. The fourth-order valence-electron chi connectivity index (χ4n) is 0.274. The Hall–Kier alpha value is 1.14. The summed E-state index contributed by atoms with van der Waals surface area (Å²) in [5.41, 5.74) is 0. The number of aliphatic hydroxyl groups excluding tert-OH is 2. The molecule has 0 aliphatic heterocycles. The minimum absolute atomic E-state index is 0. The zero-order chi connectivity index (χ0) is 5.70. The van der Waals surface area contributed by atoms with Crippen LogP contribution in [0, 0.1) is 0 Å². The first-order chi connectivity index (χ1) is 3.27. The van der Waals surface area contributed by atoms with E-state index in [9.17, 15) is 0 Å². The molecule has 0 radical (unpaired) electrons. The molecule has 0 aliphatic carbocycles. The second-order valence-corrected chi connectivity index (χ2v) is 1.35. The van der Waals surface area contributed by atoms with Crippen molar-refractivity contribution in [1.82, 2.24) is 0 Å². The molecule has 0 aromatic rings.